The van der Waals surface area contributed by atoms with Gasteiger partial charge in [-0.05, 0) is 33.4 Å². The van der Waals surface area contributed by atoms with Gasteiger partial charge in [-0.3, -0.25) is 4.90 Å². The van der Waals surface area contributed by atoms with Gasteiger partial charge in [-0.1, -0.05) is 51.4 Å². The number of likely N-dealkylation sites (tertiary alicyclic amines) is 1. The lowest BCUT2D eigenvalue weighted by molar-refractivity contribution is 0.172. The van der Waals surface area contributed by atoms with Gasteiger partial charge in [-0.25, -0.2) is 0 Å². The van der Waals surface area contributed by atoms with Gasteiger partial charge in [-0.2, -0.15) is 0 Å². The van der Waals surface area contributed by atoms with E-state index >= 15 is 0 Å². The molecular formula is C18H37N3. The molecule has 1 saturated carbocycles. The van der Waals surface area contributed by atoms with Gasteiger partial charge in [0.05, 0.1) is 0 Å². The Morgan fingerprint density at radius 2 is 1.38 bits per heavy atom. The largest absolute Gasteiger partial charge is 0.326 e. The molecule has 1 aliphatic heterocycles. The predicted octanol–water partition coefficient (Wildman–Crippen LogP) is 3.23. The van der Waals surface area contributed by atoms with Crippen LogP contribution in [0.3, 0.4) is 0 Å². The first-order chi connectivity index (χ1) is 10.2. The van der Waals surface area contributed by atoms with Crippen LogP contribution in [0.2, 0.25) is 0 Å². The molecule has 2 rings (SSSR count). The van der Waals surface area contributed by atoms with E-state index < -0.39 is 0 Å². The molecule has 0 aromatic rings. The Morgan fingerprint density at radius 1 is 0.810 bits per heavy atom. The molecule has 0 bridgehead atoms. The van der Waals surface area contributed by atoms with Crippen LogP contribution in [-0.4, -0.2) is 55.1 Å². The van der Waals surface area contributed by atoms with E-state index in [2.05, 4.69) is 23.9 Å². The van der Waals surface area contributed by atoms with Crippen LogP contribution >= 0.6 is 0 Å². The molecule has 0 aromatic heterocycles. The van der Waals surface area contributed by atoms with Crippen molar-refractivity contribution in [1.82, 2.24) is 9.80 Å². The predicted molar refractivity (Wildman–Crippen MR) is 91.6 cm³/mol. The van der Waals surface area contributed by atoms with E-state index in [-0.39, 0.29) is 0 Å². The van der Waals surface area contributed by atoms with E-state index in [0.717, 1.165) is 6.04 Å². The van der Waals surface area contributed by atoms with Crippen molar-refractivity contribution in [3.63, 3.8) is 0 Å². The lowest BCUT2D eigenvalue weighted by Gasteiger charge is -2.33. The zero-order valence-electron chi connectivity index (χ0n) is 14.4. The zero-order valence-corrected chi connectivity index (χ0v) is 14.4. The van der Waals surface area contributed by atoms with Crippen LogP contribution in [0.5, 0.6) is 0 Å². The molecule has 1 aliphatic carbocycles. The van der Waals surface area contributed by atoms with Gasteiger partial charge in [0.15, 0.2) is 0 Å². The molecule has 3 atom stereocenters. The second-order valence-electron chi connectivity index (χ2n) is 7.54. The third-order valence-electron chi connectivity index (χ3n) is 5.68. The van der Waals surface area contributed by atoms with E-state index in [1.165, 1.54) is 83.7 Å². The van der Waals surface area contributed by atoms with E-state index in [4.69, 9.17) is 5.73 Å². The van der Waals surface area contributed by atoms with Gasteiger partial charge < -0.3 is 10.6 Å². The average Bonchev–Trinajstić information content (AvgIpc) is 2.92. The molecule has 0 radical (unpaired) electrons. The molecule has 2 aliphatic rings. The van der Waals surface area contributed by atoms with Crippen molar-refractivity contribution in [2.45, 2.75) is 88.8 Å². The molecule has 2 N–H and O–H groups in total. The Morgan fingerprint density at radius 3 is 1.95 bits per heavy atom. The van der Waals surface area contributed by atoms with Gasteiger partial charge in [0.1, 0.15) is 0 Å². The van der Waals surface area contributed by atoms with Crippen LogP contribution in [0.1, 0.15) is 70.6 Å². The summed E-state index contributed by atoms with van der Waals surface area (Å²) in [4.78, 5) is 5.10. The van der Waals surface area contributed by atoms with Crippen molar-refractivity contribution in [3.05, 3.63) is 0 Å². The Labute approximate surface area is 132 Å². The van der Waals surface area contributed by atoms with Crippen LogP contribution in [-0.2, 0) is 0 Å². The van der Waals surface area contributed by atoms with Crippen LogP contribution in [0.25, 0.3) is 0 Å². The zero-order chi connectivity index (χ0) is 15.1. The average molecular weight is 296 g/mol. The van der Waals surface area contributed by atoms with Crippen molar-refractivity contribution < 1.29 is 0 Å². The van der Waals surface area contributed by atoms with Crippen LogP contribution in [0.4, 0.5) is 0 Å². The van der Waals surface area contributed by atoms with Crippen molar-refractivity contribution in [2.75, 3.05) is 27.2 Å². The molecule has 0 aromatic carbocycles. The first-order valence-electron chi connectivity index (χ1n) is 9.34. The summed E-state index contributed by atoms with van der Waals surface area (Å²) in [5.74, 6) is 0. The highest BCUT2D eigenvalue weighted by molar-refractivity contribution is 4.90. The molecule has 124 valence electrons. The van der Waals surface area contributed by atoms with E-state index in [9.17, 15) is 0 Å². The third-order valence-corrected chi connectivity index (χ3v) is 5.68. The first kappa shape index (κ1) is 17.2. The van der Waals surface area contributed by atoms with Gasteiger partial charge in [0.2, 0.25) is 0 Å². The number of nitrogens with two attached hydrogens (primary N) is 1. The van der Waals surface area contributed by atoms with Gasteiger partial charge >= 0.3 is 0 Å². The summed E-state index contributed by atoms with van der Waals surface area (Å²) in [7, 11) is 4.43. The second kappa shape index (κ2) is 9.12. The van der Waals surface area contributed by atoms with Crippen molar-refractivity contribution in [1.29, 1.82) is 0 Å². The molecule has 1 saturated heterocycles. The number of likely N-dealkylation sites (N-methyl/N-ethyl adjacent to an activating group) is 1. The van der Waals surface area contributed by atoms with Crippen LogP contribution in [0, 0.1) is 0 Å². The third kappa shape index (κ3) is 5.54. The standard InChI is InChI=1S/C18H37N3/c1-20(2)16-13-14-21(15-16)18-12-10-8-6-4-3-5-7-9-11-17(18)19/h16-18H,3-15,19H2,1-2H3. The van der Waals surface area contributed by atoms with E-state index in [1.54, 1.807) is 0 Å². The highest BCUT2D eigenvalue weighted by atomic mass is 15.3. The summed E-state index contributed by atoms with van der Waals surface area (Å²) in [5.41, 5.74) is 6.61. The first-order valence-corrected chi connectivity index (χ1v) is 9.34. The van der Waals surface area contributed by atoms with Crippen LogP contribution in [0.15, 0.2) is 0 Å². The molecular weight excluding hydrogens is 258 g/mol. The molecule has 0 spiro atoms. The summed E-state index contributed by atoms with van der Waals surface area (Å²) < 4.78 is 0. The smallest absolute Gasteiger partial charge is 0.0247 e. The highest BCUT2D eigenvalue weighted by Gasteiger charge is 2.31. The van der Waals surface area contributed by atoms with E-state index in [0.29, 0.717) is 12.1 Å². The topological polar surface area (TPSA) is 32.5 Å². The molecule has 3 heteroatoms. The number of hydrogen-bond donors (Lipinski definition) is 1. The number of nitrogens with zero attached hydrogens (tertiary/aromatic N) is 2. The summed E-state index contributed by atoms with van der Waals surface area (Å²) in [6, 6.07) is 1.76. The molecule has 2 fully saturated rings. The highest BCUT2D eigenvalue weighted by Crippen LogP contribution is 2.24. The fourth-order valence-corrected chi connectivity index (χ4v) is 4.14. The minimum absolute atomic E-state index is 0.394. The van der Waals surface area contributed by atoms with Crippen molar-refractivity contribution in [2.24, 2.45) is 5.73 Å². The Hall–Kier alpha value is -0.120. The molecule has 0 amide bonds. The summed E-state index contributed by atoms with van der Waals surface area (Å²) in [6.07, 6.45) is 15.1. The molecule has 3 nitrogen and oxygen atoms in total. The normalized spacial score (nSPS) is 34.6. The Bertz CT molecular complexity index is 280. The van der Waals surface area contributed by atoms with Crippen molar-refractivity contribution in [3.8, 4) is 0 Å². The molecule has 3 unspecified atom stereocenters. The lowest BCUT2D eigenvalue weighted by atomic mass is 9.93. The Balaban J connectivity index is 1.89. The SMILES string of the molecule is CN(C)C1CCN(C2CCCCCCCCCCC2N)C1. The van der Waals surface area contributed by atoms with Gasteiger partial charge in [0.25, 0.3) is 0 Å². The maximum Gasteiger partial charge on any atom is 0.0247 e. The fourth-order valence-electron chi connectivity index (χ4n) is 4.14. The lowest BCUT2D eigenvalue weighted by Crippen LogP contribution is -2.48. The Kier molecular flexibility index (Phi) is 7.48. The number of hydrogen-bond acceptors (Lipinski definition) is 3. The van der Waals surface area contributed by atoms with Crippen molar-refractivity contribution >= 4 is 0 Å². The summed E-state index contributed by atoms with van der Waals surface area (Å²) >= 11 is 0. The summed E-state index contributed by atoms with van der Waals surface area (Å²) in [6.45, 7) is 2.48. The summed E-state index contributed by atoms with van der Waals surface area (Å²) in [5, 5.41) is 0. The number of rotatable bonds is 2. The molecule has 21 heavy (non-hydrogen) atoms. The monoisotopic (exact) mass is 295 g/mol. The van der Waals surface area contributed by atoms with E-state index in [1.807, 2.05) is 0 Å². The fraction of sp³-hybridized carbons (Fsp3) is 1.00. The maximum atomic E-state index is 6.61. The maximum absolute atomic E-state index is 6.61. The minimum atomic E-state index is 0.394. The molecule has 1 heterocycles. The van der Waals surface area contributed by atoms with Gasteiger partial charge in [-0.15, -0.1) is 0 Å². The quantitative estimate of drug-likeness (QED) is 0.849. The van der Waals surface area contributed by atoms with Gasteiger partial charge in [0, 0.05) is 31.2 Å². The second-order valence-corrected chi connectivity index (χ2v) is 7.54. The minimum Gasteiger partial charge on any atom is -0.326 e. The van der Waals surface area contributed by atoms with Crippen LogP contribution < -0.4 is 5.73 Å².